The van der Waals surface area contributed by atoms with Gasteiger partial charge in [-0.2, -0.15) is 0 Å². The van der Waals surface area contributed by atoms with Gasteiger partial charge < -0.3 is 4.74 Å². The highest BCUT2D eigenvalue weighted by Gasteiger charge is 2.17. The molecule has 1 aliphatic rings. The average Bonchev–Trinajstić information content (AvgIpc) is 2.12. The molecule has 0 aromatic heterocycles. The Balaban J connectivity index is 2.83. The van der Waals surface area contributed by atoms with E-state index in [9.17, 15) is 0 Å². The van der Waals surface area contributed by atoms with Crippen molar-refractivity contribution < 1.29 is 4.74 Å². The van der Waals surface area contributed by atoms with E-state index in [1.165, 1.54) is 5.57 Å². The molecule has 0 radical (unpaired) electrons. The van der Waals surface area contributed by atoms with Crippen LogP contribution in [0.4, 0.5) is 0 Å². The van der Waals surface area contributed by atoms with E-state index < -0.39 is 0 Å². The van der Waals surface area contributed by atoms with Crippen molar-refractivity contribution in [2.45, 2.75) is 13.8 Å². The number of methoxy groups -OCH3 is 1. The smallest absolute Gasteiger partial charge is 0.0585 e. The van der Waals surface area contributed by atoms with Crippen LogP contribution < -0.4 is 0 Å². The zero-order valence-electron chi connectivity index (χ0n) is 8.00. The maximum Gasteiger partial charge on any atom is 0.0585 e. The third kappa shape index (κ3) is 2.35. The van der Waals surface area contributed by atoms with Gasteiger partial charge in [0.1, 0.15) is 0 Å². The van der Waals surface area contributed by atoms with Crippen molar-refractivity contribution in [1.82, 2.24) is 0 Å². The Labute approximate surface area is 74.4 Å². The fraction of sp³-hybridized carbons (Fsp3) is 0.455. The molecule has 0 unspecified atom stereocenters. The van der Waals surface area contributed by atoms with E-state index in [-0.39, 0.29) is 5.41 Å². The third-order valence-corrected chi connectivity index (χ3v) is 1.96. The van der Waals surface area contributed by atoms with E-state index in [1.54, 1.807) is 7.11 Å². The number of hydrogen-bond donors (Lipinski definition) is 0. The highest BCUT2D eigenvalue weighted by molar-refractivity contribution is 5.29. The van der Waals surface area contributed by atoms with Crippen molar-refractivity contribution >= 4 is 0 Å². The van der Waals surface area contributed by atoms with E-state index in [1.807, 2.05) is 0 Å². The highest BCUT2D eigenvalue weighted by atomic mass is 16.5. The van der Waals surface area contributed by atoms with Gasteiger partial charge in [-0.05, 0) is 6.92 Å². The number of ether oxygens (including phenoxy) is 1. The summed E-state index contributed by atoms with van der Waals surface area (Å²) in [5.74, 6) is 0. The summed E-state index contributed by atoms with van der Waals surface area (Å²) in [6.45, 7) is 5.02. The van der Waals surface area contributed by atoms with Crippen molar-refractivity contribution in [1.29, 1.82) is 0 Å². The van der Waals surface area contributed by atoms with Crippen LogP contribution in [0.15, 0.2) is 36.0 Å². The Morgan fingerprint density at radius 2 is 2.17 bits per heavy atom. The first-order chi connectivity index (χ1) is 5.66. The second-order valence-electron chi connectivity index (χ2n) is 3.55. The van der Waals surface area contributed by atoms with Gasteiger partial charge in [-0.1, -0.05) is 42.9 Å². The van der Waals surface area contributed by atoms with Gasteiger partial charge in [-0.25, -0.2) is 0 Å². The lowest BCUT2D eigenvalue weighted by molar-refractivity contribution is 0.146. The van der Waals surface area contributed by atoms with Crippen LogP contribution in [-0.4, -0.2) is 13.7 Å². The minimum absolute atomic E-state index is 0.0579. The largest absolute Gasteiger partial charge is 0.383 e. The minimum atomic E-state index is 0.0579. The maximum atomic E-state index is 5.16. The first kappa shape index (κ1) is 9.27. The fourth-order valence-electron chi connectivity index (χ4n) is 1.50. The van der Waals surface area contributed by atoms with Crippen molar-refractivity contribution in [2.75, 3.05) is 13.7 Å². The summed E-state index contributed by atoms with van der Waals surface area (Å²) in [7, 11) is 1.74. The summed E-state index contributed by atoms with van der Waals surface area (Å²) in [4.78, 5) is 0. The van der Waals surface area contributed by atoms with Crippen LogP contribution in [0.2, 0.25) is 0 Å². The summed E-state index contributed by atoms with van der Waals surface area (Å²) in [5.41, 5.74) is 1.35. The zero-order chi connectivity index (χ0) is 9.03. The molecule has 0 fully saturated rings. The van der Waals surface area contributed by atoms with Crippen LogP contribution in [0.1, 0.15) is 13.8 Å². The van der Waals surface area contributed by atoms with Gasteiger partial charge in [0, 0.05) is 12.5 Å². The zero-order valence-corrected chi connectivity index (χ0v) is 8.00. The molecule has 0 aromatic rings. The lowest BCUT2D eigenvalue weighted by atomic mass is 9.90. The molecule has 1 heteroatoms. The van der Waals surface area contributed by atoms with Crippen LogP contribution in [0.5, 0.6) is 0 Å². The SMILES string of the molecule is COC[C@@]1(C)C=CC=CC(C)=C1. The molecule has 12 heavy (non-hydrogen) atoms. The molecule has 1 nitrogen and oxygen atoms in total. The molecule has 0 aromatic carbocycles. The van der Waals surface area contributed by atoms with Gasteiger partial charge >= 0.3 is 0 Å². The Morgan fingerprint density at radius 1 is 1.42 bits per heavy atom. The fourth-order valence-corrected chi connectivity index (χ4v) is 1.50. The second-order valence-corrected chi connectivity index (χ2v) is 3.55. The molecular formula is C11H16O. The normalized spacial score (nSPS) is 28.4. The molecule has 66 valence electrons. The molecule has 0 saturated carbocycles. The summed E-state index contributed by atoms with van der Waals surface area (Å²) < 4.78 is 5.16. The third-order valence-electron chi connectivity index (χ3n) is 1.96. The summed E-state index contributed by atoms with van der Waals surface area (Å²) in [5, 5.41) is 0. The summed E-state index contributed by atoms with van der Waals surface area (Å²) in [6, 6.07) is 0. The lowest BCUT2D eigenvalue weighted by Gasteiger charge is -2.20. The van der Waals surface area contributed by atoms with Crippen LogP contribution in [0, 0.1) is 5.41 Å². The predicted molar refractivity (Wildman–Crippen MR) is 52.0 cm³/mol. The molecular weight excluding hydrogens is 148 g/mol. The van der Waals surface area contributed by atoms with Crippen LogP contribution >= 0.6 is 0 Å². The number of rotatable bonds is 2. The Kier molecular flexibility index (Phi) is 2.88. The van der Waals surface area contributed by atoms with Crippen LogP contribution in [0.3, 0.4) is 0 Å². The molecule has 0 N–H and O–H groups in total. The van der Waals surface area contributed by atoms with E-state index in [2.05, 4.69) is 44.2 Å². The Bertz CT molecular complexity index is 235. The molecule has 0 saturated heterocycles. The Morgan fingerprint density at radius 3 is 2.83 bits per heavy atom. The van der Waals surface area contributed by atoms with Crippen LogP contribution in [0.25, 0.3) is 0 Å². The summed E-state index contributed by atoms with van der Waals surface area (Å²) >= 11 is 0. The maximum absolute atomic E-state index is 5.16. The van der Waals surface area contributed by atoms with Gasteiger partial charge in [0.05, 0.1) is 6.61 Å². The quantitative estimate of drug-likeness (QED) is 0.609. The molecule has 0 amide bonds. The summed E-state index contributed by atoms with van der Waals surface area (Å²) in [6.07, 6.45) is 10.6. The highest BCUT2D eigenvalue weighted by Crippen LogP contribution is 2.24. The van der Waals surface area contributed by atoms with E-state index in [0.29, 0.717) is 0 Å². The van der Waals surface area contributed by atoms with Crippen molar-refractivity contribution in [3.8, 4) is 0 Å². The standard InChI is InChI=1S/C11H16O/c1-10-6-4-5-7-11(2,8-10)9-12-3/h4-8H,9H2,1-3H3/t11-/m0/s1. The molecule has 0 bridgehead atoms. The van der Waals surface area contributed by atoms with Gasteiger partial charge in [-0.15, -0.1) is 0 Å². The topological polar surface area (TPSA) is 9.23 Å². The molecule has 0 spiro atoms. The molecule has 1 atom stereocenters. The van der Waals surface area contributed by atoms with Crippen molar-refractivity contribution in [3.63, 3.8) is 0 Å². The average molecular weight is 164 g/mol. The lowest BCUT2D eigenvalue weighted by Crippen LogP contribution is -2.16. The molecule has 0 heterocycles. The van der Waals surface area contributed by atoms with E-state index >= 15 is 0 Å². The van der Waals surface area contributed by atoms with Gasteiger partial charge in [0.25, 0.3) is 0 Å². The van der Waals surface area contributed by atoms with E-state index in [4.69, 9.17) is 4.74 Å². The first-order valence-corrected chi connectivity index (χ1v) is 4.21. The molecule has 1 rings (SSSR count). The molecule has 1 aliphatic carbocycles. The van der Waals surface area contributed by atoms with Crippen molar-refractivity contribution in [3.05, 3.63) is 36.0 Å². The Hall–Kier alpha value is -0.820. The van der Waals surface area contributed by atoms with Gasteiger partial charge in [0.15, 0.2) is 0 Å². The number of allylic oxidation sites excluding steroid dienone is 4. The van der Waals surface area contributed by atoms with Crippen molar-refractivity contribution in [2.24, 2.45) is 5.41 Å². The van der Waals surface area contributed by atoms with Crippen LogP contribution in [-0.2, 0) is 4.74 Å². The van der Waals surface area contributed by atoms with E-state index in [0.717, 1.165) is 6.61 Å². The molecule has 0 aliphatic heterocycles. The monoisotopic (exact) mass is 164 g/mol. The first-order valence-electron chi connectivity index (χ1n) is 4.21. The minimum Gasteiger partial charge on any atom is -0.383 e. The van der Waals surface area contributed by atoms with Gasteiger partial charge in [-0.3, -0.25) is 0 Å². The van der Waals surface area contributed by atoms with Gasteiger partial charge in [0.2, 0.25) is 0 Å². The predicted octanol–water partition coefficient (Wildman–Crippen LogP) is 2.71. The number of hydrogen-bond acceptors (Lipinski definition) is 1. The second kappa shape index (κ2) is 3.72.